The van der Waals surface area contributed by atoms with Crippen molar-refractivity contribution in [2.75, 3.05) is 4.90 Å². The SMILES string of the molecule is [2H]c1c([2H])c(N(c2ccccc2)c2ccccc2)c([2H])c([2H])c1-c1ccc2ccc3cc4c(c5ccc1c2c35)c1ccccc1n4-c1ccccc1. The number of anilines is 3. The molecule has 0 atom stereocenters. The second kappa shape index (κ2) is 10.6. The Balaban J connectivity index is 1.25. The molecule has 0 bridgehead atoms. The lowest BCUT2D eigenvalue weighted by Crippen LogP contribution is -2.09. The lowest BCUT2D eigenvalue weighted by Gasteiger charge is -2.25. The normalized spacial score (nSPS) is 12.9. The van der Waals surface area contributed by atoms with E-state index in [-0.39, 0.29) is 29.9 Å². The molecule has 0 radical (unpaired) electrons. The molecule has 0 spiro atoms. The van der Waals surface area contributed by atoms with Gasteiger partial charge in [-0.3, -0.25) is 0 Å². The second-order valence-electron chi connectivity index (χ2n) is 12.2. The highest BCUT2D eigenvalue weighted by Crippen LogP contribution is 2.45. The topological polar surface area (TPSA) is 8.17 Å². The Bertz CT molecular complexity index is 2920. The number of benzene rings is 9. The number of fused-ring (bicyclic) bond motifs is 4. The Hall–Kier alpha value is -6.38. The van der Waals surface area contributed by atoms with Gasteiger partial charge in [0, 0.05) is 33.5 Å². The zero-order valence-electron chi connectivity index (χ0n) is 29.9. The van der Waals surface area contributed by atoms with E-state index in [4.69, 9.17) is 0 Å². The standard InChI is InChI=1S/C46H30N2/c1-4-12-34(13-5-1)47(35-14-6-2-7-15-35)37-25-22-31(23-26-37)38-27-24-32-20-21-33-30-43-46(41-29-28-39(38)44(32)45(33)41)40-18-10-11-19-42(40)48(43)36-16-8-3-9-17-36/h1-30H/i22D,23D,25D,26D. The molecule has 0 unspecified atom stereocenters. The van der Waals surface area contributed by atoms with Crippen LogP contribution in [0.3, 0.4) is 0 Å². The Labute approximate surface area is 284 Å². The molecule has 0 amide bonds. The highest BCUT2D eigenvalue weighted by atomic mass is 15.1. The van der Waals surface area contributed by atoms with Crippen LogP contribution in [-0.4, -0.2) is 4.57 Å². The molecule has 0 saturated heterocycles. The van der Waals surface area contributed by atoms with E-state index in [2.05, 4.69) is 83.4 Å². The van der Waals surface area contributed by atoms with E-state index < -0.39 is 0 Å². The van der Waals surface area contributed by atoms with Crippen LogP contribution in [-0.2, 0) is 0 Å². The van der Waals surface area contributed by atoms with Gasteiger partial charge in [0.15, 0.2) is 0 Å². The number of para-hydroxylation sites is 4. The molecule has 0 aliphatic heterocycles. The zero-order chi connectivity index (χ0) is 35.1. The molecule has 0 aliphatic carbocycles. The van der Waals surface area contributed by atoms with Crippen molar-refractivity contribution in [1.29, 1.82) is 0 Å². The maximum absolute atomic E-state index is 9.43. The summed E-state index contributed by atoms with van der Waals surface area (Å²) in [6.07, 6.45) is 0. The van der Waals surface area contributed by atoms with Gasteiger partial charge < -0.3 is 9.47 Å². The van der Waals surface area contributed by atoms with Gasteiger partial charge in [0.05, 0.1) is 16.5 Å². The molecule has 0 fully saturated rings. The molecule has 0 saturated carbocycles. The summed E-state index contributed by atoms with van der Waals surface area (Å²) in [6, 6.07) is 52.7. The molecule has 48 heavy (non-hydrogen) atoms. The third kappa shape index (κ3) is 4.00. The minimum absolute atomic E-state index is 0.0729. The molecule has 1 heterocycles. The summed E-state index contributed by atoms with van der Waals surface area (Å²) in [4.78, 5) is 1.81. The Morgan fingerprint density at radius 3 is 1.73 bits per heavy atom. The number of hydrogen-bond acceptors (Lipinski definition) is 1. The van der Waals surface area contributed by atoms with E-state index in [1.54, 1.807) is 0 Å². The van der Waals surface area contributed by atoms with E-state index in [0.717, 1.165) is 60.4 Å². The van der Waals surface area contributed by atoms with E-state index in [0.29, 0.717) is 11.1 Å². The first kappa shape index (κ1) is 23.0. The smallest absolute Gasteiger partial charge is 0.0645 e. The summed E-state index contributed by atoms with van der Waals surface area (Å²) in [5, 5.41) is 8.76. The Morgan fingerprint density at radius 1 is 0.417 bits per heavy atom. The van der Waals surface area contributed by atoms with E-state index in [1.165, 1.54) is 10.8 Å². The van der Waals surface area contributed by atoms with Crippen LogP contribution in [0.25, 0.3) is 70.9 Å². The van der Waals surface area contributed by atoms with Gasteiger partial charge in [-0.1, -0.05) is 121 Å². The molecule has 2 nitrogen and oxygen atoms in total. The third-order valence-corrected chi connectivity index (χ3v) is 9.57. The highest BCUT2D eigenvalue weighted by molar-refractivity contribution is 6.34. The molecule has 1 aromatic heterocycles. The first-order valence-corrected chi connectivity index (χ1v) is 16.2. The summed E-state index contributed by atoms with van der Waals surface area (Å²) in [5.74, 6) is 0. The molecular formula is C46H30N2. The fraction of sp³-hybridized carbons (Fsp3) is 0. The van der Waals surface area contributed by atoms with Gasteiger partial charge in [-0.2, -0.15) is 0 Å². The molecule has 0 aliphatic rings. The first-order valence-electron chi connectivity index (χ1n) is 18.2. The van der Waals surface area contributed by atoms with Crippen LogP contribution in [0.4, 0.5) is 17.1 Å². The van der Waals surface area contributed by atoms with Gasteiger partial charge in [0.2, 0.25) is 0 Å². The summed E-state index contributed by atoms with van der Waals surface area (Å²) in [7, 11) is 0. The molecule has 10 aromatic rings. The van der Waals surface area contributed by atoms with Crippen LogP contribution >= 0.6 is 0 Å². The van der Waals surface area contributed by atoms with Gasteiger partial charge in [-0.15, -0.1) is 0 Å². The number of rotatable bonds is 5. The third-order valence-electron chi connectivity index (χ3n) is 9.57. The average molecular weight is 615 g/mol. The number of aromatic nitrogens is 1. The number of nitrogens with zero attached hydrogens (tertiary/aromatic N) is 2. The van der Waals surface area contributed by atoms with Gasteiger partial charge in [-0.05, 0) is 104 Å². The van der Waals surface area contributed by atoms with Crippen molar-refractivity contribution in [2.45, 2.75) is 0 Å². The van der Waals surface area contributed by atoms with Crippen LogP contribution in [0, 0.1) is 0 Å². The fourth-order valence-electron chi connectivity index (χ4n) is 7.52. The summed E-state index contributed by atoms with van der Waals surface area (Å²) >= 11 is 0. The van der Waals surface area contributed by atoms with Gasteiger partial charge >= 0.3 is 0 Å². The minimum atomic E-state index is -0.0927. The average Bonchev–Trinajstić information content (AvgIpc) is 3.53. The minimum Gasteiger partial charge on any atom is -0.311 e. The molecule has 224 valence electrons. The van der Waals surface area contributed by atoms with Crippen molar-refractivity contribution >= 4 is 71.2 Å². The summed E-state index contributed by atoms with van der Waals surface area (Å²) in [6.45, 7) is 0. The highest BCUT2D eigenvalue weighted by Gasteiger charge is 2.20. The zero-order valence-corrected chi connectivity index (χ0v) is 25.9. The second-order valence-corrected chi connectivity index (χ2v) is 12.2. The van der Waals surface area contributed by atoms with Crippen LogP contribution < -0.4 is 4.90 Å². The van der Waals surface area contributed by atoms with Crippen molar-refractivity contribution in [2.24, 2.45) is 0 Å². The maximum atomic E-state index is 9.43. The molecule has 0 N–H and O–H groups in total. The van der Waals surface area contributed by atoms with Gasteiger partial charge in [0.1, 0.15) is 0 Å². The summed E-state index contributed by atoms with van der Waals surface area (Å²) < 4.78 is 39.9. The van der Waals surface area contributed by atoms with E-state index in [1.807, 2.05) is 83.8 Å². The van der Waals surface area contributed by atoms with Gasteiger partial charge in [-0.25, -0.2) is 0 Å². The molecule has 2 heteroatoms. The predicted molar refractivity (Wildman–Crippen MR) is 205 cm³/mol. The maximum Gasteiger partial charge on any atom is 0.0645 e. The van der Waals surface area contributed by atoms with E-state index >= 15 is 0 Å². The van der Waals surface area contributed by atoms with Crippen LogP contribution in [0.15, 0.2) is 182 Å². The van der Waals surface area contributed by atoms with Crippen LogP contribution in [0.5, 0.6) is 0 Å². The van der Waals surface area contributed by atoms with Gasteiger partial charge in [0.25, 0.3) is 0 Å². The summed E-state index contributed by atoms with van der Waals surface area (Å²) in [5.41, 5.74) is 6.08. The molecular weight excluding hydrogens is 581 g/mol. The van der Waals surface area contributed by atoms with Crippen molar-refractivity contribution in [3.8, 4) is 16.8 Å². The molecule has 9 aromatic carbocycles. The first-order chi connectivity index (χ1) is 25.5. The number of hydrogen-bond donors (Lipinski definition) is 0. The molecule has 10 rings (SSSR count). The van der Waals surface area contributed by atoms with Crippen LogP contribution in [0.2, 0.25) is 0 Å². The van der Waals surface area contributed by atoms with Crippen LogP contribution in [0.1, 0.15) is 5.48 Å². The quantitative estimate of drug-likeness (QED) is 0.175. The lowest BCUT2D eigenvalue weighted by atomic mass is 9.88. The van der Waals surface area contributed by atoms with Crippen molar-refractivity contribution < 1.29 is 5.48 Å². The fourth-order valence-corrected chi connectivity index (χ4v) is 7.52. The van der Waals surface area contributed by atoms with Crippen molar-refractivity contribution in [1.82, 2.24) is 4.57 Å². The largest absolute Gasteiger partial charge is 0.311 e. The Morgan fingerprint density at radius 2 is 1.00 bits per heavy atom. The predicted octanol–water partition coefficient (Wildman–Crippen LogP) is 12.8. The Kier molecular flexibility index (Phi) is 5.08. The van der Waals surface area contributed by atoms with Crippen molar-refractivity contribution in [3.05, 3.63) is 182 Å². The van der Waals surface area contributed by atoms with E-state index in [9.17, 15) is 5.48 Å². The van der Waals surface area contributed by atoms with Crippen molar-refractivity contribution in [3.63, 3.8) is 0 Å². The lowest BCUT2D eigenvalue weighted by molar-refractivity contribution is 1.18. The monoisotopic (exact) mass is 614 g/mol.